The predicted octanol–water partition coefficient (Wildman–Crippen LogP) is 3.89. The molecule has 3 aliphatic rings. The van der Waals surface area contributed by atoms with E-state index in [1.807, 2.05) is 0 Å². The zero-order chi connectivity index (χ0) is 30.0. The fourth-order valence-electron chi connectivity index (χ4n) is 6.72. The highest BCUT2D eigenvalue weighted by Crippen LogP contribution is 2.36. The van der Waals surface area contributed by atoms with E-state index in [0.29, 0.717) is 25.6 Å². The van der Waals surface area contributed by atoms with Gasteiger partial charge >= 0.3 is 0 Å². The normalized spacial score (nSPS) is 21.1. The number of nitrogens with zero attached hydrogens (tertiary/aromatic N) is 3. The molecule has 8 nitrogen and oxygen atoms in total. The van der Waals surface area contributed by atoms with Gasteiger partial charge in [0.2, 0.25) is 5.91 Å². The van der Waals surface area contributed by atoms with E-state index in [4.69, 9.17) is 4.74 Å². The average Bonchev–Trinajstić information content (AvgIpc) is 3.44. The van der Waals surface area contributed by atoms with Gasteiger partial charge in [0, 0.05) is 67.7 Å². The van der Waals surface area contributed by atoms with Crippen molar-refractivity contribution in [3.8, 4) is 0 Å². The highest BCUT2D eigenvalue weighted by Gasteiger charge is 2.40. The number of morpholine rings is 1. The molecule has 2 aromatic carbocycles. The minimum atomic E-state index is -1.27. The highest BCUT2D eigenvalue weighted by atomic mass is 19.1. The molecule has 1 aromatic heterocycles. The number of aliphatic hydroxyl groups is 2. The third kappa shape index (κ3) is 6.77. The lowest BCUT2D eigenvalue weighted by atomic mass is 9.84. The first-order valence-electron chi connectivity index (χ1n) is 15.3. The van der Waals surface area contributed by atoms with Gasteiger partial charge in [-0.3, -0.25) is 4.79 Å². The summed E-state index contributed by atoms with van der Waals surface area (Å²) in [4.78, 5) is 22.3. The van der Waals surface area contributed by atoms with Crippen LogP contribution in [0, 0.1) is 11.6 Å². The van der Waals surface area contributed by atoms with Crippen LogP contribution >= 0.6 is 0 Å². The van der Waals surface area contributed by atoms with Crippen molar-refractivity contribution in [2.45, 2.75) is 43.3 Å². The monoisotopic (exact) mass is 594 g/mol. The van der Waals surface area contributed by atoms with Crippen molar-refractivity contribution in [2.75, 3.05) is 63.9 Å². The Morgan fingerprint density at radius 2 is 1.72 bits per heavy atom. The summed E-state index contributed by atoms with van der Waals surface area (Å²) in [6.07, 6.45) is 6.37. The first kappa shape index (κ1) is 29.7. The first-order chi connectivity index (χ1) is 20.8. The zero-order valence-corrected chi connectivity index (χ0v) is 24.4. The zero-order valence-electron chi connectivity index (χ0n) is 24.4. The fraction of sp³-hybridized carbons (Fsp3) is 0.485. The van der Waals surface area contributed by atoms with Crippen molar-refractivity contribution in [3.05, 3.63) is 71.4 Å². The second kappa shape index (κ2) is 12.7. The molecule has 3 N–H and O–H groups in total. The Bertz CT molecular complexity index is 1430. The molecule has 0 spiro atoms. The number of aromatic amines is 1. The van der Waals surface area contributed by atoms with Crippen LogP contribution in [-0.2, 0) is 9.53 Å². The molecule has 43 heavy (non-hydrogen) atoms. The third-order valence-corrected chi connectivity index (χ3v) is 9.40. The van der Waals surface area contributed by atoms with Crippen LogP contribution < -0.4 is 4.90 Å². The van der Waals surface area contributed by atoms with Gasteiger partial charge in [-0.05, 0) is 92.2 Å². The summed E-state index contributed by atoms with van der Waals surface area (Å²) in [5.41, 5.74) is 2.72. The number of likely N-dealkylation sites (tertiary alicyclic amines) is 2. The Kier molecular flexibility index (Phi) is 8.81. The number of rotatable bonds is 7. The fourth-order valence-corrected chi connectivity index (χ4v) is 6.72. The van der Waals surface area contributed by atoms with E-state index in [2.05, 4.69) is 39.2 Å². The van der Waals surface area contributed by atoms with Gasteiger partial charge in [0.1, 0.15) is 11.6 Å². The standard InChI is InChI=1S/C33H40F2N4O4/c34-25-17-23(18-26(35)19-25)1-4-32(41)39-11-7-33(42,8-12-39)31(40)22-37-9-5-24(6-10-37)29-21-36-30-3-2-27(20-28(29)30)38-13-15-43-16-14-38/h1-4,17-21,24,31,36,40,42H,5-16,22H2. The van der Waals surface area contributed by atoms with Crippen LogP contribution in [0.2, 0.25) is 0 Å². The second-order valence-electron chi connectivity index (χ2n) is 12.1. The number of ether oxygens (including phenoxy) is 1. The SMILES string of the molecule is O=C(C=Cc1cc(F)cc(F)c1)N1CCC(O)(C(O)CN2CCC(c3c[nH]c4ccc(N5CCOCC5)cc34)CC2)CC1. The van der Waals surface area contributed by atoms with E-state index >= 15 is 0 Å². The molecule has 10 heteroatoms. The van der Waals surface area contributed by atoms with Crippen molar-refractivity contribution in [1.82, 2.24) is 14.8 Å². The molecule has 230 valence electrons. The van der Waals surface area contributed by atoms with E-state index in [1.165, 1.54) is 28.8 Å². The molecule has 0 saturated carbocycles. The van der Waals surface area contributed by atoms with E-state index in [-0.39, 0.29) is 24.3 Å². The lowest BCUT2D eigenvalue weighted by molar-refractivity contribution is -0.140. The Labute approximate surface area is 250 Å². The summed E-state index contributed by atoms with van der Waals surface area (Å²) in [6.45, 7) is 5.97. The number of H-pyrrole nitrogens is 1. The number of hydrogen-bond acceptors (Lipinski definition) is 6. The number of piperidine rings is 2. The minimum Gasteiger partial charge on any atom is -0.389 e. The number of amides is 1. The molecule has 1 atom stereocenters. The summed E-state index contributed by atoms with van der Waals surface area (Å²) in [5, 5.41) is 23.6. The maximum atomic E-state index is 13.4. The van der Waals surface area contributed by atoms with E-state index in [9.17, 15) is 23.8 Å². The number of carbonyl (C=O) groups excluding carboxylic acids is 1. The molecule has 4 heterocycles. The predicted molar refractivity (Wildman–Crippen MR) is 162 cm³/mol. The van der Waals surface area contributed by atoms with E-state index < -0.39 is 23.3 Å². The topological polar surface area (TPSA) is 92.3 Å². The molecular weight excluding hydrogens is 554 g/mol. The molecule has 0 aliphatic carbocycles. The Morgan fingerprint density at radius 1 is 1.02 bits per heavy atom. The van der Waals surface area contributed by atoms with Crippen LogP contribution in [0.25, 0.3) is 17.0 Å². The average molecular weight is 595 g/mol. The van der Waals surface area contributed by atoms with Crippen molar-refractivity contribution < 1.29 is 28.5 Å². The minimum absolute atomic E-state index is 0.264. The molecule has 1 unspecified atom stereocenters. The molecule has 3 saturated heterocycles. The molecule has 1 amide bonds. The van der Waals surface area contributed by atoms with Crippen LogP contribution in [0.1, 0.15) is 42.7 Å². The molecule has 0 radical (unpaired) electrons. The maximum Gasteiger partial charge on any atom is 0.246 e. The second-order valence-corrected chi connectivity index (χ2v) is 12.1. The number of nitrogens with one attached hydrogen (secondary N) is 1. The summed E-state index contributed by atoms with van der Waals surface area (Å²) >= 11 is 0. The van der Waals surface area contributed by atoms with Crippen molar-refractivity contribution in [1.29, 1.82) is 0 Å². The number of halogens is 2. The lowest BCUT2D eigenvalue weighted by Crippen LogP contribution is -2.56. The van der Waals surface area contributed by atoms with Gasteiger partial charge < -0.3 is 34.6 Å². The summed E-state index contributed by atoms with van der Waals surface area (Å²) < 4.78 is 32.4. The van der Waals surface area contributed by atoms with Gasteiger partial charge in [-0.25, -0.2) is 8.78 Å². The molecule has 6 rings (SSSR count). The van der Waals surface area contributed by atoms with Gasteiger partial charge in [0.15, 0.2) is 0 Å². The van der Waals surface area contributed by atoms with Gasteiger partial charge in [0.05, 0.1) is 24.9 Å². The number of anilines is 1. The number of aromatic nitrogens is 1. The highest BCUT2D eigenvalue weighted by molar-refractivity contribution is 5.92. The Morgan fingerprint density at radius 3 is 2.42 bits per heavy atom. The van der Waals surface area contributed by atoms with Crippen LogP contribution in [0.3, 0.4) is 0 Å². The number of β-amino-alcohol motifs (C(OH)–C–C–N with tert-alkyl or cyclic N) is 1. The molecule has 3 aromatic rings. The first-order valence-corrected chi connectivity index (χ1v) is 15.3. The summed E-state index contributed by atoms with van der Waals surface area (Å²) in [6, 6.07) is 9.73. The van der Waals surface area contributed by atoms with E-state index in [1.54, 1.807) is 4.90 Å². The van der Waals surface area contributed by atoms with E-state index in [0.717, 1.165) is 76.0 Å². The molecule has 3 aliphatic heterocycles. The summed E-state index contributed by atoms with van der Waals surface area (Å²) in [5.74, 6) is -1.28. The van der Waals surface area contributed by atoms with Crippen molar-refractivity contribution in [2.24, 2.45) is 0 Å². The molecule has 3 fully saturated rings. The van der Waals surface area contributed by atoms with Gasteiger partial charge in [-0.1, -0.05) is 0 Å². The summed E-state index contributed by atoms with van der Waals surface area (Å²) in [7, 11) is 0. The maximum absolute atomic E-state index is 13.4. The van der Waals surface area contributed by atoms with Gasteiger partial charge in [-0.15, -0.1) is 0 Å². The number of fused-ring (bicyclic) bond motifs is 1. The Hall–Kier alpha value is -3.31. The van der Waals surface area contributed by atoms with Gasteiger partial charge in [-0.2, -0.15) is 0 Å². The quantitative estimate of drug-likeness (QED) is 0.360. The van der Waals surface area contributed by atoms with Crippen LogP contribution in [0.15, 0.2) is 48.7 Å². The number of hydrogen-bond donors (Lipinski definition) is 3. The number of benzene rings is 2. The number of carbonyl (C=O) groups is 1. The number of aliphatic hydroxyl groups excluding tert-OH is 1. The van der Waals surface area contributed by atoms with Crippen LogP contribution in [0.4, 0.5) is 14.5 Å². The van der Waals surface area contributed by atoms with Gasteiger partial charge in [0.25, 0.3) is 0 Å². The molecular formula is C33H40F2N4O4. The lowest BCUT2D eigenvalue weighted by Gasteiger charge is -2.43. The van der Waals surface area contributed by atoms with Crippen LogP contribution in [0.5, 0.6) is 0 Å². The van der Waals surface area contributed by atoms with Crippen molar-refractivity contribution in [3.63, 3.8) is 0 Å². The molecule has 0 bridgehead atoms. The Balaban J connectivity index is 0.997. The third-order valence-electron chi connectivity index (χ3n) is 9.40. The largest absolute Gasteiger partial charge is 0.389 e. The van der Waals surface area contributed by atoms with Crippen molar-refractivity contribution >= 4 is 28.6 Å². The smallest absolute Gasteiger partial charge is 0.246 e. The van der Waals surface area contributed by atoms with Crippen LogP contribution in [-0.4, -0.2) is 102 Å².